The number of fused-ring (bicyclic) bond motifs is 1. The molecule has 0 aromatic heterocycles. The number of oxime groups is 1. The number of carbonyl (C=O) groups excluding carboxylic acids is 1. The number of hydrogen-bond donors (Lipinski definition) is 2. The molecule has 2 aliphatic heterocycles. The van der Waals surface area contributed by atoms with Crippen molar-refractivity contribution in [3.63, 3.8) is 0 Å². The van der Waals surface area contributed by atoms with Crippen molar-refractivity contribution in [1.82, 2.24) is 5.32 Å². The lowest BCUT2D eigenvalue weighted by molar-refractivity contribution is -0.275. The lowest BCUT2D eigenvalue weighted by Gasteiger charge is -2.30. The normalized spacial score (nSPS) is 19.4. The molecule has 42 heavy (non-hydrogen) atoms. The highest BCUT2D eigenvalue weighted by Gasteiger charge is 2.62. The van der Waals surface area contributed by atoms with Crippen LogP contribution in [0.2, 0.25) is 0 Å². The molecule has 220 valence electrons. The van der Waals surface area contributed by atoms with Crippen molar-refractivity contribution in [2.75, 3.05) is 0 Å². The highest BCUT2D eigenvalue weighted by Crippen LogP contribution is 2.49. The van der Waals surface area contributed by atoms with Crippen LogP contribution in [0.15, 0.2) is 47.6 Å². The maximum Gasteiger partial charge on any atom is 0.492 e. The molecule has 0 saturated carbocycles. The molecule has 2 heterocycles. The Kier molecular flexibility index (Phi) is 7.30. The van der Waals surface area contributed by atoms with E-state index in [2.05, 4.69) is 10.5 Å². The fraction of sp³-hybridized carbons (Fsp3) is 0.375. The first-order chi connectivity index (χ1) is 19.5. The average molecular weight is 578 g/mol. The minimum Gasteiger partial charge on any atom is -0.423 e. The Morgan fingerprint density at radius 3 is 2.29 bits per heavy atom. The van der Waals surface area contributed by atoms with Gasteiger partial charge in [0.25, 0.3) is 11.5 Å². The van der Waals surface area contributed by atoms with Crippen LogP contribution in [0.3, 0.4) is 0 Å². The van der Waals surface area contributed by atoms with Gasteiger partial charge in [-0.1, -0.05) is 35.5 Å². The molecule has 1 amide bonds. The van der Waals surface area contributed by atoms with Gasteiger partial charge in [0.15, 0.2) is 0 Å². The second kappa shape index (κ2) is 10.3. The second-order valence-corrected chi connectivity index (χ2v) is 11.9. The lowest BCUT2D eigenvalue weighted by atomic mass is 9.76. The third-order valence-electron chi connectivity index (χ3n) is 8.65. The van der Waals surface area contributed by atoms with Crippen molar-refractivity contribution in [2.24, 2.45) is 5.16 Å². The summed E-state index contributed by atoms with van der Waals surface area (Å²) in [5, 5.41) is 17.1. The van der Waals surface area contributed by atoms with Crippen molar-refractivity contribution in [3.05, 3.63) is 98.1 Å². The largest absolute Gasteiger partial charge is 0.492 e. The van der Waals surface area contributed by atoms with Crippen molar-refractivity contribution in [1.29, 1.82) is 0 Å². The summed E-state index contributed by atoms with van der Waals surface area (Å²) < 4.78 is 49.2. The molecule has 0 bridgehead atoms. The predicted octanol–water partition coefficient (Wildman–Crippen LogP) is 5.69. The fourth-order valence-corrected chi connectivity index (χ4v) is 5.79. The van der Waals surface area contributed by atoms with Crippen LogP contribution in [0.5, 0.6) is 0 Å². The molecule has 3 aromatic carbocycles. The molecular weight excluding hydrogens is 544 g/mol. The van der Waals surface area contributed by atoms with Crippen LogP contribution in [0.25, 0.3) is 0 Å². The molecular formula is C32H34BF3N2O4. The molecule has 2 aliphatic rings. The fourth-order valence-electron chi connectivity index (χ4n) is 5.79. The summed E-state index contributed by atoms with van der Waals surface area (Å²) in [4.78, 5) is 18.3. The van der Waals surface area contributed by atoms with Crippen LogP contribution in [-0.4, -0.2) is 29.9 Å². The van der Waals surface area contributed by atoms with Gasteiger partial charge in [0.05, 0.1) is 11.3 Å². The molecule has 6 nitrogen and oxygen atoms in total. The Balaban J connectivity index is 1.34. The van der Waals surface area contributed by atoms with E-state index in [-0.39, 0.29) is 23.7 Å². The van der Waals surface area contributed by atoms with E-state index in [1.807, 2.05) is 39.8 Å². The Hall–Kier alpha value is -3.63. The number of carbonyl (C=O) groups is 1. The van der Waals surface area contributed by atoms with E-state index in [1.165, 1.54) is 12.1 Å². The SMILES string of the molecule is Cc1cc2c(cc1CNC(=O)c1ccc(C3=NOC(c4cc(C)c(C)c(C)c4)(C(F)(F)F)C3)cc1C)B(O)OC2(C)C. The van der Waals surface area contributed by atoms with E-state index in [0.717, 1.165) is 33.4 Å². The quantitative estimate of drug-likeness (QED) is 0.381. The summed E-state index contributed by atoms with van der Waals surface area (Å²) in [5.74, 6) is -0.323. The van der Waals surface area contributed by atoms with Gasteiger partial charge >= 0.3 is 13.3 Å². The highest BCUT2D eigenvalue weighted by atomic mass is 19.4. The molecule has 0 aliphatic carbocycles. The first-order valence-corrected chi connectivity index (χ1v) is 13.8. The van der Waals surface area contributed by atoms with E-state index in [0.29, 0.717) is 22.2 Å². The number of rotatable bonds is 5. The zero-order valence-corrected chi connectivity index (χ0v) is 24.8. The topological polar surface area (TPSA) is 80.2 Å². The predicted molar refractivity (Wildman–Crippen MR) is 156 cm³/mol. The maximum atomic E-state index is 14.5. The summed E-state index contributed by atoms with van der Waals surface area (Å²) in [6, 6.07) is 11.7. The Morgan fingerprint density at radius 1 is 1.00 bits per heavy atom. The van der Waals surface area contributed by atoms with Gasteiger partial charge in [-0.3, -0.25) is 4.79 Å². The van der Waals surface area contributed by atoms with Crippen LogP contribution in [0.4, 0.5) is 13.2 Å². The van der Waals surface area contributed by atoms with E-state index in [4.69, 9.17) is 9.49 Å². The van der Waals surface area contributed by atoms with Gasteiger partial charge in [-0.25, -0.2) is 0 Å². The lowest BCUT2D eigenvalue weighted by Crippen LogP contribution is -2.42. The van der Waals surface area contributed by atoms with Gasteiger partial charge in [0, 0.05) is 24.1 Å². The summed E-state index contributed by atoms with van der Waals surface area (Å²) >= 11 is 0. The summed E-state index contributed by atoms with van der Waals surface area (Å²) in [5.41, 5.74) is 4.27. The Labute approximate surface area is 244 Å². The van der Waals surface area contributed by atoms with Crippen LogP contribution < -0.4 is 10.8 Å². The maximum absolute atomic E-state index is 14.5. The summed E-state index contributed by atoms with van der Waals surface area (Å²) in [7, 11) is -1.03. The second-order valence-electron chi connectivity index (χ2n) is 11.9. The van der Waals surface area contributed by atoms with Gasteiger partial charge in [0.2, 0.25) is 0 Å². The van der Waals surface area contributed by atoms with Gasteiger partial charge in [-0.2, -0.15) is 13.2 Å². The van der Waals surface area contributed by atoms with E-state index in [1.54, 1.807) is 39.0 Å². The third kappa shape index (κ3) is 5.00. The third-order valence-corrected chi connectivity index (χ3v) is 8.65. The van der Waals surface area contributed by atoms with Crippen molar-refractivity contribution >= 4 is 24.2 Å². The number of aryl methyl sites for hydroxylation is 4. The number of alkyl halides is 3. The van der Waals surface area contributed by atoms with Crippen molar-refractivity contribution < 1.29 is 32.5 Å². The van der Waals surface area contributed by atoms with E-state index >= 15 is 0 Å². The standard InChI is InChI=1S/C32H34BF3N2O4/c1-17-11-24(12-18(2)21(17)5)31(32(34,35)36)15-28(38-42-31)22-8-9-25(20(4)10-22)29(39)37-16-23-14-27-26(13-19(23)3)30(6,7)41-33(27)40/h8-14,40H,15-16H2,1-7H3,(H,37,39). The molecule has 3 aromatic rings. The Bertz CT molecular complexity index is 1610. The van der Waals surface area contributed by atoms with Crippen LogP contribution in [0.1, 0.15) is 80.7 Å². The van der Waals surface area contributed by atoms with Gasteiger partial charge in [-0.05, 0) is 111 Å². The van der Waals surface area contributed by atoms with Gasteiger partial charge < -0.3 is 19.8 Å². The summed E-state index contributed by atoms with van der Waals surface area (Å²) in [6.45, 7) is 13.1. The molecule has 1 atom stereocenters. The first kappa shape index (κ1) is 29.9. The number of hydrogen-bond acceptors (Lipinski definition) is 5. The number of nitrogens with zero attached hydrogens (tertiary/aromatic N) is 1. The van der Waals surface area contributed by atoms with Crippen molar-refractivity contribution in [3.8, 4) is 0 Å². The molecule has 10 heteroatoms. The van der Waals surface area contributed by atoms with E-state index < -0.39 is 30.9 Å². The molecule has 5 rings (SSSR count). The minimum absolute atomic E-state index is 0.0200. The average Bonchev–Trinajstić information content (AvgIpc) is 3.45. The molecule has 0 spiro atoms. The minimum atomic E-state index is -4.70. The van der Waals surface area contributed by atoms with Crippen molar-refractivity contribution in [2.45, 2.75) is 78.8 Å². The van der Waals surface area contributed by atoms with Gasteiger partial charge in [0.1, 0.15) is 0 Å². The number of benzene rings is 3. The molecule has 0 fully saturated rings. The number of nitrogens with one attached hydrogen (secondary N) is 1. The van der Waals surface area contributed by atoms with Crippen LogP contribution in [-0.2, 0) is 27.2 Å². The molecule has 0 radical (unpaired) electrons. The highest BCUT2D eigenvalue weighted by molar-refractivity contribution is 6.62. The molecule has 1 unspecified atom stereocenters. The zero-order valence-electron chi connectivity index (χ0n) is 24.8. The van der Waals surface area contributed by atoms with Crippen LogP contribution >= 0.6 is 0 Å². The first-order valence-electron chi connectivity index (χ1n) is 13.8. The Morgan fingerprint density at radius 2 is 1.67 bits per heavy atom. The monoisotopic (exact) mass is 578 g/mol. The molecule has 0 saturated heterocycles. The number of halogens is 3. The van der Waals surface area contributed by atoms with Crippen LogP contribution in [0, 0.1) is 34.6 Å². The zero-order chi connectivity index (χ0) is 30.8. The van der Waals surface area contributed by atoms with Gasteiger partial charge in [-0.15, -0.1) is 0 Å². The number of amides is 1. The molecule has 2 N–H and O–H groups in total. The van der Waals surface area contributed by atoms with E-state index in [9.17, 15) is 23.0 Å². The summed E-state index contributed by atoms with van der Waals surface area (Å²) in [6.07, 6.45) is -5.18. The smallest absolute Gasteiger partial charge is 0.423 e.